The van der Waals surface area contributed by atoms with Crippen LogP contribution in [0.25, 0.3) is 0 Å². The average Bonchev–Trinajstić information content (AvgIpc) is 2.68. The third-order valence-electron chi connectivity index (χ3n) is 5.48. The fraction of sp³-hybridized carbons (Fsp3) is 0.320. The maximum absolute atomic E-state index is 13.3. The van der Waals surface area contributed by atoms with Gasteiger partial charge in [-0.25, -0.2) is 0 Å². The zero-order chi connectivity index (χ0) is 20.1. The summed E-state index contributed by atoms with van der Waals surface area (Å²) in [6, 6.07) is 14.5. The number of hydrogen-bond acceptors (Lipinski definition) is 3. The largest absolute Gasteiger partial charge is 0.507 e. The summed E-state index contributed by atoms with van der Waals surface area (Å²) in [6.45, 7) is 4.21. The smallest absolute Gasteiger partial charge is 0.174 e. The molecule has 0 saturated heterocycles. The number of aromatic hydroxyl groups is 2. The van der Waals surface area contributed by atoms with E-state index in [4.69, 9.17) is 0 Å². The van der Waals surface area contributed by atoms with Crippen LogP contribution in [-0.2, 0) is 0 Å². The topological polar surface area (TPSA) is 57.5 Å². The number of hydrogen-bond donors (Lipinski definition) is 2. The number of allylic oxidation sites excluding steroid dienone is 4. The molecular weight excluding hydrogens is 348 g/mol. The molecule has 2 aromatic rings. The molecule has 146 valence electrons. The van der Waals surface area contributed by atoms with Crippen LogP contribution in [0.4, 0.5) is 0 Å². The minimum absolute atomic E-state index is 0.0369. The van der Waals surface area contributed by atoms with Crippen molar-refractivity contribution < 1.29 is 15.0 Å². The van der Waals surface area contributed by atoms with Crippen molar-refractivity contribution in [2.75, 3.05) is 0 Å². The molecule has 0 saturated carbocycles. The van der Waals surface area contributed by atoms with E-state index in [9.17, 15) is 15.0 Å². The van der Waals surface area contributed by atoms with Crippen molar-refractivity contribution in [2.45, 2.75) is 45.4 Å². The molecule has 0 bridgehead atoms. The number of ketones is 1. The molecule has 0 aliphatic heterocycles. The van der Waals surface area contributed by atoms with Crippen molar-refractivity contribution in [1.29, 1.82) is 0 Å². The van der Waals surface area contributed by atoms with E-state index in [0.717, 1.165) is 24.8 Å². The van der Waals surface area contributed by atoms with Crippen molar-refractivity contribution in [2.24, 2.45) is 5.92 Å². The van der Waals surface area contributed by atoms with Crippen LogP contribution in [0.3, 0.4) is 0 Å². The first-order valence-electron chi connectivity index (χ1n) is 9.88. The summed E-state index contributed by atoms with van der Waals surface area (Å²) in [5.74, 6) is -0.762. The van der Waals surface area contributed by atoms with Crippen molar-refractivity contribution in [3.8, 4) is 11.5 Å². The van der Waals surface area contributed by atoms with Crippen LogP contribution in [0.2, 0.25) is 0 Å². The number of Topliss-reactive ketones (excluding diaryl/α,β-unsaturated/α-hetero) is 1. The maximum atomic E-state index is 13.3. The Morgan fingerprint density at radius 1 is 1.04 bits per heavy atom. The van der Waals surface area contributed by atoms with Gasteiger partial charge in [0.15, 0.2) is 5.78 Å². The molecule has 0 spiro atoms. The molecule has 0 unspecified atom stereocenters. The number of benzene rings is 2. The van der Waals surface area contributed by atoms with Crippen molar-refractivity contribution in [3.63, 3.8) is 0 Å². The van der Waals surface area contributed by atoms with Gasteiger partial charge in [0.25, 0.3) is 0 Å². The van der Waals surface area contributed by atoms with Crippen LogP contribution in [0.15, 0.2) is 71.8 Å². The quantitative estimate of drug-likeness (QED) is 0.470. The number of carbonyl (C=O) groups excluding carboxylic acids is 1. The highest BCUT2D eigenvalue weighted by atomic mass is 16.3. The molecule has 0 heterocycles. The third kappa shape index (κ3) is 4.53. The van der Waals surface area contributed by atoms with E-state index in [2.05, 4.69) is 38.1 Å². The molecule has 28 heavy (non-hydrogen) atoms. The highest BCUT2D eigenvalue weighted by molar-refractivity contribution is 6.03. The number of rotatable bonds is 6. The molecule has 0 fully saturated rings. The number of carbonyl (C=O) groups is 1. The van der Waals surface area contributed by atoms with E-state index in [-0.39, 0.29) is 34.7 Å². The molecule has 3 nitrogen and oxygen atoms in total. The highest BCUT2D eigenvalue weighted by Crippen LogP contribution is 2.42. The van der Waals surface area contributed by atoms with Gasteiger partial charge < -0.3 is 10.2 Å². The highest BCUT2D eigenvalue weighted by Gasteiger charge is 2.35. The molecule has 3 heteroatoms. The number of phenols is 2. The van der Waals surface area contributed by atoms with Crippen molar-refractivity contribution >= 4 is 5.78 Å². The van der Waals surface area contributed by atoms with Gasteiger partial charge in [-0.2, -0.15) is 0 Å². The molecule has 2 N–H and O–H groups in total. The normalized spacial score (nSPS) is 19.0. The Labute approximate surface area is 167 Å². The first kappa shape index (κ1) is 19.9. The summed E-state index contributed by atoms with van der Waals surface area (Å²) in [6.07, 6.45) is 7.88. The molecule has 0 radical (unpaired) electrons. The summed E-state index contributed by atoms with van der Waals surface area (Å²) in [7, 11) is 0. The minimum Gasteiger partial charge on any atom is -0.507 e. The zero-order valence-electron chi connectivity index (χ0n) is 16.6. The lowest BCUT2D eigenvalue weighted by atomic mass is 9.72. The standard InChI is InChI=1S/C25H28O3/c1-17(2)8-6-9-18-14-15-20(21(16-18)19-10-4-3-5-11-19)25(28)24-22(26)12-7-13-23(24)27/h3-5,7-8,10-14,20-21,26-27H,6,9,15-16H2,1-2H3/t20-,21+/m0/s1. The second-order valence-corrected chi connectivity index (χ2v) is 7.78. The van der Waals surface area contributed by atoms with E-state index in [1.165, 1.54) is 29.3 Å². The van der Waals surface area contributed by atoms with Crippen LogP contribution < -0.4 is 0 Å². The summed E-state index contributed by atoms with van der Waals surface area (Å²) in [5, 5.41) is 20.3. The lowest BCUT2D eigenvalue weighted by Crippen LogP contribution is -2.26. The van der Waals surface area contributed by atoms with Gasteiger partial charge in [0.2, 0.25) is 0 Å². The Morgan fingerprint density at radius 3 is 2.36 bits per heavy atom. The second kappa shape index (κ2) is 8.92. The predicted octanol–water partition coefficient (Wildman–Crippen LogP) is 6.15. The Bertz CT molecular complexity index is 869. The second-order valence-electron chi connectivity index (χ2n) is 7.78. The van der Waals surface area contributed by atoms with Crippen molar-refractivity contribution in [3.05, 3.63) is 83.0 Å². The SMILES string of the molecule is CC(C)=CCCC1=CC[C@H](C(=O)c2c(O)cccc2O)[C@@H](c2ccccc2)C1. The van der Waals surface area contributed by atoms with Gasteiger partial charge in [0, 0.05) is 5.92 Å². The number of phenolic OH excluding ortho intramolecular Hbond substituents is 2. The van der Waals surface area contributed by atoms with Crippen molar-refractivity contribution in [1.82, 2.24) is 0 Å². The summed E-state index contributed by atoms with van der Waals surface area (Å²) < 4.78 is 0. The van der Waals surface area contributed by atoms with E-state index >= 15 is 0 Å². The summed E-state index contributed by atoms with van der Waals surface area (Å²) in [4.78, 5) is 13.3. The fourth-order valence-corrected chi connectivity index (χ4v) is 4.02. The molecule has 0 amide bonds. The van der Waals surface area contributed by atoms with Gasteiger partial charge in [-0.05, 0) is 63.1 Å². The molecule has 3 rings (SSSR count). The molecule has 1 aliphatic carbocycles. The van der Waals surface area contributed by atoms with E-state index in [1.807, 2.05) is 18.2 Å². The molecule has 0 aromatic heterocycles. The van der Waals surface area contributed by atoms with Crippen LogP contribution in [0, 0.1) is 5.92 Å². The van der Waals surface area contributed by atoms with Gasteiger partial charge in [-0.1, -0.05) is 59.7 Å². The predicted molar refractivity (Wildman–Crippen MR) is 113 cm³/mol. The maximum Gasteiger partial charge on any atom is 0.174 e. The lowest BCUT2D eigenvalue weighted by molar-refractivity contribution is 0.0889. The Kier molecular flexibility index (Phi) is 6.35. The van der Waals surface area contributed by atoms with E-state index < -0.39 is 0 Å². The van der Waals surface area contributed by atoms with Gasteiger partial charge in [-0.3, -0.25) is 4.79 Å². The Balaban J connectivity index is 1.91. The van der Waals surface area contributed by atoms with Gasteiger partial charge in [0.05, 0.1) is 0 Å². The molecule has 1 aliphatic rings. The first-order chi connectivity index (χ1) is 13.5. The Morgan fingerprint density at radius 2 is 1.71 bits per heavy atom. The third-order valence-corrected chi connectivity index (χ3v) is 5.48. The zero-order valence-corrected chi connectivity index (χ0v) is 16.6. The van der Waals surface area contributed by atoms with Gasteiger partial charge in [0.1, 0.15) is 17.1 Å². The van der Waals surface area contributed by atoms with E-state index in [0.29, 0.717) is 6.42 Å². The Hall–Kier alpha value is -2.81. The summed E-state index contributed by atoms with van der Waals surface area (Å²) in [5.41, 5.74) is 3.86. The van der Waals surface area contributed by atoms with Crippen LogP contribution in [0.1, 0.15) is 61.4 Å². The minimum atomic E-state index is -0.297. The monoisotopic (exact) mass is 376 g/mol. The van der Waals surface area contributed by atoms with Crippen LogP contribution >= 0.6 is 0 Å². The molecule has 2 atom stereocenters. The van der Waals surface area contributed by atoms with Crippen LogP contribution in [-0.4, -0.2) is 16.0 Å². The van der Waals surface area contributed by atoms with Gasteiger partial charge >= 0.3 is 0 Å². The molecular formula is C25H28O3. The lowest BCUT2D eigenvalue weighted by Gasteiger charge is -2.31. The molecule has 2 aromatic carbocycles. The fourth-order valence-electron chi connectivity index (χ4n) is 4.02. The first-order valence-corrected chi connectivity index (χ1v) is 9.88. The summed E-state index contributed by atoms with van der Waals surface area (Å²) >= 11 is 0. The average molecular weight is 376 g/mol. The van der Waals surface area contributed by atoms with Gasteiger partial charge in [-0.15, -0.1) is 0 Å². The van der Waals surface area contributed by atoms with E-state index in [1.54, 1.807) is 0 Å². The van der Waals surface area contributed by atoms with Crippen LogP contribution in [0.5, 0.6) is 11.5 Å².